The number of halogens is 1. The number of rotatable bonds is 8. The van der Waals surface area contributed by atoms with Gasteiger partial charge in [-0.05, 0) is 48.4 Å². The van der Waals surface area contributed by atoms with E-state index in [0.29, 0.717) is 19.5 Å². The molecular weight excluding hydrogens is 390 g/mol. The fourth-order valence-corrected chi connectivity index (χ4v) is 3.94. The van der Waals surface area contributed by atoms with Crippen LogP contribution in [0.2, 0.25) is 5.28 Å². The van der Waals surface area contributed by atoms with Gasteiger partial charge in [0, 0.05) is 30.2 Å². The maximum Gasteiger partial charge on any atom is 0.329 e. The van der Waals surface area contributed by atoms with E-state index < -0.39 is 5.88 Å². The Kier molecular flexibility index (Phi) is 5.58. The molecule has 1 aromatic heterocycles. The average Bonchev–Trinajstić information content (AvgIpc) is 3.31. The van der Waals surface area contributed by atoms with E-state index in [1.54, 1.807) is 0 Å². The van der Waals surface area contributed by atoms with Crippen LogP contribution in [0, 0.1) is 0 Å². The molecule has 1 aromatic carbocycles. The summed E-state index contributed by atoms with van der Waals surface area (Å²) in [6, 6.07) is 8.10. The van der Waals surface area contributed by atoms with Crippen LogP contribution in [0.4, 0.5) is 0 Å². The third-order valence-electron chi connectivity index (χ3n) is 5.27. The van der Waals surface area contributed by atoms with Crippen molar-refractivity contribution < 1.29 is 5.11 Å². The van der Waals surface area contributed by atoms with Gasteiger partial charge in [0.2, 0.25) is 5.28 Å². The molecule has 0 unspecified atom stereocenters. The van der Waals surface area contributed by atoms with Crippen LogP contribution in [-0.4, -0.2) is 24.1 Å². The van der Waals surface area contributed by atoms with Crippen LogP contribution < -0.4 is 10.8 Å². The number of aromatic nitrogens is 5. The zero-order valence-corrected chi connectivity index (χ0v) is 17.1. The smallest absolute Gasteiger partial charge is 0.329 e. The molecule has 2 aliphatic heterocycles. The number of nitrogens with one attached hydrogen (secondary N) is 1. The number of para-hydroxylation sites is 1. The first-order valence-electron chi connectivity index (χ1n) is 9.98. The normalized spacial score (nSPS) is 11.7. The van der Waals surface area contributed by atoms with Gasteiger partial charge in [-0.3, -0.25) is 4.57 Å². The minimum Gasteiger partial charge on any atom is -0.858 e. The Morgan fingerprint density at radius 2 is 1.90 bits per heavy atom. The quantitative estimate of drug-likeness (QED) is 0.353. The van der Waals surface area contributed by atoms with Crippen LogP contribution in [0.15, 0.2) is 35.3 Å². The third-order valence-corrected chi connectivity index (χ3v) is 5.44. The molecule has 0 spiro atoms. The molecule has 0 atom stereocenters. The van der Waals surface area contributed by atoms with Crippen LogP contribution in [-0.2, 0) is 19.5 Å². The van der Waals surface area contributed by atoms with Crippen molar-refractivity contribution in [2.75, 3.05) is 0 Å². The number of imidazole rings is 1. The summed E-state index contributed by atoms with van der Waals surface area (Å²) in [7, 11) is 0. The first kappa shape index (κ1) is 19.5. The van der Waals surface area contributed by atoms with Crippen molar-refractivity contribution in [2.24, 2.45) is 0 Å². The summed E-state index contributed by atoms with van der Waals surface area (Å²) >= 11 is 5.93. The predicted octanol–water partition coefficient (Wildman–Crippen LogP) is 3.58. The van der Waals surface area contributed by atoms with Crippen LogP contribution in [0.3, 0.4) is 0 Å². The topological polar surface area (TPSA) is 91.6 Å². The summed E-state index contributed by atoms with van der Waals surface area (Å²) in [5.74, 6) is -0.135. The van der Waals surface area contributed by atoms with Crippen molar-refractivity contribution in [1.82, 2.24) is 24.1 Å². The molecule has 7 nitrogen and oxygen atoms in total. The first-order valence-corrected chi connectivity index (χ1v) is 10.4. The summed E-state index contributed by atoms with van der Waals surface area (Å²) in [6.07, 6.45) is 6.28. The molecule has 0 saturated carbocycles. The average molecular weight is 413 g/mol. The SMILES string of the molecule is CCCCCn1c2nc(Cl)nc-2c([O-])n(CCCc2c[nH]c3ccccc23)c1=O. The Labute approximate surface area is 173 Å². The summed E-state index contributed by atoms with van der Waals surface area (Å²) in [5, 5.41) is 14.0. The molecule has 0 radical (unpaired) electrons. The summed E-state index contributed by atoms with van der Waals surface area (Å²) < 4.78 is 2.81. The van der Waals surface area contributed by atoms with Crippen molar-refractivity contribution in [2.45, 2.75) is 52.1 Å². The number of hydrogen-bond acceptors (Lipinski definition) is 4. The highest BCUT2D eigenvalue weighted by atomic mass is 35.5. The number of fused-ring (bicyclic) bond motifs is 2. The largest absolute Gasteiger partial charge is 0.858 e. The van der Waals surface area contributed by atoms with Gasteiger partial charge in [0.1, 0.15) is 5.69 Å². The molecule has 0 amide bonds. The van der Waals surface area contributed by atoms with Crippen molar-refractivity contribution in [3.05, 3.63) is 51.8 Å². The van der Waals surface area contributed by atoms with Gasteiger partial charge in [0.15, 0.2) is 5.82 Å². The van der Waals surface area contributed by atoms with Gasteiger partial charge >= 0.3 is 5.69 Å². The Balaban J connectivity index is 1.61. The van der Waals surface area contributed by atoms with Gasteiger partial charge in [0.05, 0.1) is 0 Å². The lowest BCUT2D eigenvalue weighted by atomic mass is 10.1. The molecule has 29 heavy (non-hydrogen) atoms. The Hall–Kier alpha value is -2.80. The molecule has 2 aliphatic rings. The van der Waals surface area contributed by atoms with Crippen LogP contribution in [0.5, 0.6) is 5.88 Å². The number of benzene rings is 1. The zero-order chi connectivity index (χ0) is 20.4. The van der Waals surface area contributed by atoms with Crippen molar-refractivity contribution in [3.8, 4) is 17.4 Å². The van der Waals surface area contributed by atoms with Crippen molar-refractivity contribution in [1.29, 1.82) is 0 Å². The highest BCUT2D eigenvalue weighted by molar-refractivity contribution is 6.28. The fourth-order valence-electron chi connectivity index (χ4n) is 3.77. The van der Waals surface area contributed by atoms with Crippen molar-refractivity contribution in [3.63, 3.8) is 0 Å². The van der Waals surface area contributed by atoms with Gasteiger partial charge in [-0.2, -0.15) is 4.98 Å². The second-order valence-electron chi connectivity index (χ2n) is 7.23. The predicted molar refractivity (Wildman–Crippen MR) is 112 cm³/mol. The minimum absolute atomic E-state index is 0.00251. The number of aromatic amines is 1. The molecule has 1 N–H and O–H groups in total. The molecule has 4 rings (SSSR count). The van der Waals surface area contributed by atoms with Gasteiger partial charge in [-0.1, -0.05) is 38.0 Å². The molecular formula is C21H23ClN5O2-. The van der Waals surface area contributed by atoms with Crippen molar-refractivity contribution >= 4 is 22.5 Å². The van der Waals surface area contributed by atoms with E-state index in [4.69, 9.17) is 11.6 Å². The second kappa shape index (κ2) is 8.29. The van der Waals surface area contributed by atoms with Crippen LogP contribution in [0.25, 0.3) is 22.4 Å². The summed E-state index contributed by atoms with van der Waals surface area (Å²) in [4.78, 5) is 24.4. The number of unbranched alkanes of at least 4 members (excludes halogenated alkanes) is 2. The lowest BCUT2D eigenvalue weighted by Gasteiger charge is -2.22. The fraction of sp³-hybridized carbons (Fsp3) is 0.381. The number of H-pyrrole nitrogens is 1. The zero-order valence-electron chi connectivity index (χ0n) is 16.3. The second-order valence-corrected chi connectivity index (χ2v) is 7.56. The molecule has 0 aliphatic carbocycles. The van der Waals surface area contributed by atoms with E-state index in [-0.39, 0.29) is 22.5 Å². The summed E-state index contributed by atoms with van der Waals surface area (Å²) in [6.45, 7) is 2.93. The van der Waals surface area contributed by atoms with Gasteiger partial charge in [-0.25, -0.2) is 9.78 Å². The standard InChI is InChI=1S/C21H24ClN5O2/c1-2-3-6-11-26-18-17(24-20(22)25-18)19(28)27(21(26)29)12-7-8-14-13-23-16-10-5-4-9-15(14)16/h4-5,9-10,13,23,28H,2-3,6-8,11-12H2,1H3/p-1. The molecule has 8 heteroatoms. The van der Waals surface area contributed by atoms with Crippen LogP contribution in [0.1, 0.15) is 38.2 Å². The highest BCUT2D eigenvalue weighted by Crippen LogP contribution is 2.27. The van der Waals surface area contributed by atoms with Crippen LogP contribution >= 0.6 is 11.6 Å². The van der Waals surface area contributed by atoms with E-state index in [2.05, 4.69) is 27.9 Å². The van der Waals surface area contributed by atoms with E-state index in [1.165, 1.54) is 20.1 Å². The highest BCUT2D eigenvalue weighted by Gasteiger charge is 2.20. The number of aryl methyl sites for hydroxylation is 1. The molecule has 3 heterocycles. The van der Waals surface area contributed by atoms with E-state index in [1.807, 2.05) is 24.4 Å². The Bertz CT molecular complexity index is 1160. The van der Waals surface area contributed by atoms with E-state index in [0.717, 1.165) is 31.2 Å². The Morgan fingerprint density at radius 3 is 2.72 bits per heavy atom. The maximum atomic E-state index is 13.0. The molecule has 0 fully saturated rings. The monoisotopic (exact) mass is 412 g/mol. The summed E-state index contributed by atoms with van der Waals surface area (Å²) in [5.41, 5.74) is 2.09. The first-order chi connectivity index (χ1) is 14.1. The molecule has 152 valence electrons. The van der Waals surface area contributed by atoms with Gasteiger partial charge in [-0.15, -0.1) is 0 Å². The number of hydrogen-bond donors (Lipinski definition) is 1. The maximum absolute atomic E-state index is 13.0. The lowest BCUT2D eigenvalue weighted by molar-refractivity contribution is -0.279. The molecule has 2 aromatic rings. The molecule has 0 bridgehead atoms. The van der Waals surface area contributed by atoms with Gasteiger partial charge < -0.3 is 14.7 Å². The molecule has 0 saturated heterocycles. The Morgan fingerprint density at radius 1 is 1.10 bits per heavy atom. The third kappa shape index (κ3) is 3.74. The lowest BCUT2D eigenvalue weighted by Crippen LogP contribution is -2.35. The van der Waals surface area contributed by atoms with E-state index >= 15 is 0 Å². The minimum atomic E-state index is -0.421. The van der Waals surface area contributed by atoms with E-state index in [9.17, 15) is 9.90 Å². The van der Waals surface area contributed by atoms with Gasteiger partial charge in [0.25, 0.3) is 0 Å². The number of nitrogens with zero attached hydrogens (tertiary/aromatic N) is 4.